The van der Waals surface area contributed by atoms with Crippen LogP contribution in [0.15, 0.2) is 11.6 Å². The van der Waals surface area contributed by atoms with Gasteiger partial charge < -0.3 is 14.4 Å². The van der Waals surface area contributed by atoms with Crippen molar-refractivity contribution >= 4 is 32.9 Å². The van der Waals surface area contributed by atoms with Gasteiger partial charge >= 0.3 is 12.1 Å². The van der Waals surface area contributed by atoms with Crippen LogP contribution in [-0.4, -0.2) is 45.2 Å². The van der Waals surface area contributed by atoms with Crippen LogP contribution in [0.25, 0.3) is 0 Å². The van der Waals surface area contributed by atoms with Crippen LogP contribution in [-0.2, 0) is 19.7 Å². The van der Waals surface area contributed by atoms with Gasteiger partial charge in [0.2, 0.25) is 0 Å². The summed E-state index contributed by atoms with van der Waals surface area (Å²) >= 11 is 1.27. The maximum Gasteiger partial charge on any atom is 0.411 e. The molecule has 1 amide bonds. The molecule has 9 heteroatoms. The first kappa shape index (κ1) is 17.1. The van der Waals surface area contributed by atoms with Crippen LogP contribution in [0.1, 0.15) is 32.2 Å². The lowest BCUT2D eigenvalue weighted by Gasteiger charge is -2.27. The molecule has 2 heterocycles. The zero-order valence-electron chi connectivity index (χ0n) is 12.6. The second-order valence-electron chi connectivity index (χ2n) is 6.13. The molecule has 0 spiro atoms. The van der Waals surface area contributed by atoms with Gasteiger partial charge in [0.05, 0.1) is 16.0 Å². The van der Waals surface area contributed by atoms with Crippen molar-refractivity contribution in [2.75, 3.05) is 6.54 Å². The molecule has 7 nitrogen and oxygen atoms in total. The summed E-state index contributed by atoms with van der Waals surface area (Å²) in [6.07, 6.45) is 0.921. The van der Waals surface area contributed by atoms with Gasteiger partial charge in [-0.1, -0.05) is 0 Å². The molecule has 0 aliphatic carbocycles. The van der Waals surface area contributed by atoms with Crippen molar-refractivity contribution in [2.45, 2.75) is 44.4 Å². The lowest BCUT2D eigenvalue weighted by Crippen LogP contribution is -2.44. The Morgan fingerprint density at radius 3 is 2.73 bits per heavy atom. The van der Waals surface area contributed by atoms with Crippen molar-refractivity contribution in [3.8, 4) is 0 Å². The third-order valence-corrected chi connectivity index (χ3v) is 4.38. The second-order valence-corrected chi connectivity index (χ2v) is 7.26. The average molecular weight is 346 g/mol. The number of hydrogen-bond acceptors (Lipinski definition) is 7. The third kappa shape index (κ3) is 3.56. The third-order valence-electron chi connectivity index (χ3n) is 3.19. The molecule has 1 N–H and O–H groups in total. The fourth-order valence-electron chi connectivity index (χ4n) is 2.30. The summed E-state index contributed by atoms with van der Waals surface area (Å²) in [5.74, 6) is -0.622. The van der Waals surface area contributed by atoms with Crippen LogP contribution < -0.4 is 0 Å². The number of amides is 1. The summed E-state index contributed by atoms with van der Waals surface area (Å²) < 4.78 is 9.96. The first-order chi connectivity index (χ1) is 10.2. The van der Waals surface area contributed by atoms with Gasteiger partial charge in [0.25, 0.3) is 0 Å². The van der Waals surface area contributed by atoms with Gasteiger partial charge in [0, 0.05) is 18.0 Å². The van der Waals surface area contributed by atoms with Crippen molar-refractivity contribution in [3.05, 3.63) is 16.6 Å². The van der Waals surface area contributed by atoms with Crippen LogP contribution in [0, 0.1) is 0 Å². The smallest absolute Gasteiger partial charge is 0.411 e. The van der Waals surface area contributed by atoms with E-state index in [1.807, 2.05) is 9.47 Å². The molecule has 2 unspecified atom stereocenters. The van der Waals surface area contributed by atoms with Crippen LogP contribution in [0.5, 0.6) is 0 Å². The van der Waals surface area contributed by atoms with Gasteiger partial charge in [0.1, 0.15) is 22.3 Å². The topological polar surface area (TPSA) is 89.0 Å². The van der Waals surface area contributed by atoms with Gasteiger partial charge in [-0.15, -0.1) is 11.3 Å². The van der Waals surface area contributed by atoms with Crippen LogP contribution in [0.4, 0.5) is 4.79 Å². The number of rotatable bonds is 2. The zero-order valence-corrected chi connectivity index (χ0v) is 14.6. The highest BCUT2D eigenvalue weighted by molar-refractivity contribution is 7.10. The van der Waals surface area contributed by atoms with E-state index < -0.39 is 29.3 Å². The van der Waals surface area contributed by atoms with Crippen LogP contribution in [0.3, 0.4) is 0 Å². The minimum atomic E-state index is -1.38. The van der Waals surface area contributed by atoms with E-state index >= 15 is 0 Å². The van der Waals surface area contributed by atoms with Crippen molar-refractivity contribution < 1.29 is 24.0 Å². The second kappa shape index (κ2) is 6.10. The Hall–Kier alpha value is -1.24. The minimum Gasteiger partial charge on any atom is -0.450 e. The SMILES string of the molecule is CC(C)(C)OC(=O)N1C[C@](O)(c2nccs2)CC1C(=O)OP. The van der Waals surface area contributed by atoms with Crippen LogP contribution in [0.2, 0.25) is 0 Å². The Kier molecular flexibility index (Phi) is 4.75. The summed E-state index contributed by atoms with van der Waals surface area (Å²) in [4.78, 5) is 29.5. The Morgan fingerprint density at radius 1 is 1.55 bits per heavy atom. The summed E-state index contributed by atoms with van der Waals surface area (Å²) in [6, 6.07) is -0.916. The van der Waals surface area contributed by atoms with E-state index in [9.17, 15) is 14.7 Å². The lowest BCUT2D eigenvalue weighted by atomic mass is 10.0. The number of thiazole rings is 1. The van der Waals surface area contributed by atoms with Crippen molar-refractivity contribution in [2.24, 2.45) is 0 Å². The number of likely N-dealkylation sites (tertiary alicyclic amines) is 1. The number of ether oxygens (including phenoxy) is 1. The Balaban J connectivity index is 2.26. The number of aliphatic hydroxyl groups is 1. The van der Waals surface area contributed by atoms with Crippen molar-refractivity contribution in [1.29, 1.82) is 0 Å². The monoisotopic (exact) mass is 346 g/mol. The van der Waals surface area contributed by atoms with Gasteiger partial charge in [-0.25, -0.2) is 14.6 Å². The van der Waals surface area contributed by atoms with E-state index in [0.717, 1.165) is 0 Å². The molecule has 1 aliphatic heterocycles. The largest absolute Gasteiger partial charge is 0.450 e. The molecule has 1 aromatic heterocycles. The summed E-state index contributed by atoms with van der Waals surface area (Å²) in [6.45, 7) is 5.13. The number of carbonyl (C=O) groups is 2. The molecule has 3 atom stereocenters. The Bertz CT molecular complexity index is 559. The lowest BCUT2D eigenvalue weighted by molar-refractivity contribution is -0.138. The minimum absolute atomic E-state index is 0.0208. The van der Waals surface area contributed by atoms with Gasteiger partial charge in [-0.2, -0.15) is 0 Å². The van der Waals surface area contributed by atoms with E-state index in [-0.39, 0.29) is 13.0 Å². The van der Waals surface area contributed by atoms with E-state index in [0.29, 0.717) is 5.01 Å². The van der Waals surface area contributed by atoms with Gasteiger partial charge in [-0.05, 0) is 20.8 Å². The van der Waals surface area contributed by atoms with E-state index in [4.69, 9.17) is 4.74 Å². The Labute approximate surface area is 134 Å². The number of carbonyl (C=O) groups excluding carboxylic acids is 2. The fraction of sp³-hybridized carbons (Fsp3) is 0.615. The van der Waals surface area contributed by atoms with E-state index in [2.05, 4.69) is 9.51 Å². The number of hydrogen-bond donors (Lipinski definition) is 1. The van der Waals surface area contributed by atoms with Crippen molar-refractivity contribution in [1.82, 2.24) is 9.88 Å². The molecule has 0 radical (unpaired) electrons. The predicted octanol–water partition coefficient (Wildman–Crippen LogP) is 1.67. The van der Waals surface area contributed by atoms with E-state index in [1.165, 1.54) is 16.2 Å². The number of β-amino-alcohol motifs (C(OH)–C–C–N with tert-alkyl or cyclic N) is 1. The summed E-state index contributed by atoms with van der Waals surface area (Å²) in [5, 5.41) is 13.0. The molecule has 0 saturated carbocycles. The molecule has 2 rings (SSSR count). The molecule has 1 saturated heterocycles. The highest BCUT2D eigenvalue weighted by Crippen LogP contribution is 2.38. The van der Waals surface area contributed by atoms with Gasteiger partial charge in [-0.3, -0.25) is 4.90 Å². The zero-order chi connectivity index (χ0) is 16.5. The molecule has 122 valence electrons. The highest BCUT2D eigenvalue weighted by Gasteiger charge is 2.51. The molecule has 1 aliphatic rings. The van der Waals surface area contributed by atoms with Crippen LogP contribution >= 0.6 is 20.8 Å². The molecule has 1 aromatic rings. The van der Waals surface area contributed by atoms with Gasteiger partial charge in [0.15, 0.2) is 0 Å². The maximum atomic E-state index is 12.3. The molecular weight excluding hydrogens is 327 g/mol. The average Bonchev–Trinajstić information content (AvgIpc) is 3.03. The summed E-state index contributed by atoms with van der Waals surface area (Å²) in [5.41, 5.74) is -2.08. The first-order valence-corrected chi connectivity index (χ1v) is 8.04. The molecule has 0 bridgehead atoms. The van der Waals surface area contributed by atoms with Crippen molar-refractivity contribution in [3.63, 3.8) is 0 Å². The maximum absolute atomic E-state index is 12.3. The summed E-state index contributed by atoms with van der Waals surface area (Å²) in [7, 11) is 1.86. The molecular formula is C13H19N2O5PS. The molecule has 22 heavy (non-hydrogen) atoms. The molecule has 1 fully saturated rings. The normalized spacial score (nSPS) is 25.1. The number of nitrogens with zero attached hydrogens (tertiary/aromatic N) is 2. The first-order valence-electron chi connectivity index (χ1n) is 6.69. The highest BCUT2D eigenvalue weighted by atomic mass is 32.1. The van der Waals surface area contributed by atoms with E-state index in [1.54, 1.807) is 32.3 Å². The fourth-order valence-corrected chi connectivity index (χ4v) is 3.19. The quantitative estimate of drug-likeness (QED) is 0.820. The predicted molar refractivity (Wildman–Crippen MR) is 83.2 cm³/mol. The molecule has 0 aromatic carbocycles. The number of aromatic nitrogens is 1. The Morgan fingerprint density at radius 2 is 2.23 bits per heavy atom. The standard InChI is InChI=1S/C13H19N2O5PS/c1-12(2,3)19-11(17)15-7-13(18,10-14-4-5-22-10)6-8(15)9(16)20-21/h4-5,8,18H,6-7,21H2,1-3H3/t8?,13-/m0/s1.